The summed E-state index contributed by atoms with van der Waals surface area (Å²) in [5.74, 6) is -0.899. The fourth-order valence-corrected chi connectivity index (χ4v) is 4.43. The second-order valence-electron chi connectivity index (χ2n) is 7.90. The van der Waals surface area contributed by atoms with Gasteiger partial charge in [-0.15, -0.1) is 11.3 Å². The number of methoxy groups -OCH3 is 1. The molecule has 0 spiro atoms. The number of rotatable bonds is 9. The first-order chi connectivity index (χ1) is 16.5. The second-order valence-corrected chi connectivity index (χ2v) is 8.76. The molecule has 4 rings (SSSR count). The van der Waals surface area contributed by atoms with E-state index >= 15 is 0 Å². The Kier molecular flexibility index (Phi) is 7.54. The molecule has 1 fully saturated rings. The number of hydrogen-bond acceptors (Lipinski definition) is 7. The molecule has 9 heteroatoms. The lowest BCUT2D eigenvalue weighted by Gasteiger charge is -2.16. The standard InChI is InChI=1S/C25H25N3O5S/c1-32-20-9-7-18(8-10-20)21-16-34-25(26-21)27-22(29)15-33-24(31)19-13-23(30)28(14-19)12-11-17-5-3-2-4-6-17/h2-10,16,19H,11-15H2,1H3,(H,26,27,29)/t19-/m0/s1. The highest BCUT2D eigenvalue weighted by molar-refractivity contribution is 7.14. The van der Waals surface area contributed by atoms with Crippen molar-refractivity contribution in [2.45, 2.75) is 12.8 Å². The van der Waals surface area contributed by atoms with Crippen LogP contribution in [0.3, 0.4) is 0 Å². The molecular formula is C25H25N3O5S. The number of amides is 2. The van der Waals surface area contributed by atoms with E-state index in [-0.39, 0.29) is 12.3 Å². The van der Waals surface area contributed by atoms with Gasteiger partial charge >= 0.3 is 5.97 Å². The maximum absolute atomic E-state index is 12.4. The van der Waals surface area contributed by atoms with Gasteiger partial charge in [-0.1, -0.05) is 30.3 Å². The van der Waals surface area contributed by atoms with Crippen molar-refractivity contribution in [3.8, 4) is 17.0 Å². The summed E-state index contributed by atoms with van der Waals surface area (Å²) in [6.07, 6.45) is 0.829. The Labute approximate surface area is 201 Å². The number of aromatic nitrogens is 1. The van der Waals surface area contributed by atoms with Crippen molar-refractivity contribution in [1.29, 1.82) is 0 Å². The van der Waals surface area contributed by atoms with E-state index in [1.54, 1.807) is 12.0 Å². The fourth-order valence-electron chi connectivity index (χ4n) is 3.69. The molecule has 0 saturated carbocycles. The summed E-state index contributed by atoms with van der Waals surface area (Å²) in [5, 5.41) is 4.89. The molecule has 1 saturated heterocycles. The van der Waals surface area contributed by atoms with Crippen molar-refractivity contribution >= 4 is 34.3 Å². The number of ether oxygens (including phenoxy) is 2. The van der Waals surface area contributed by atoms with Crippen molar-refractivity contribution in [2.75, 3.05) is 32.1 Å². The first-order valence-corrected chi connectivity index (χ1v) is 11.8. The number of esters is 1. The summed E-state index contributed by atoms with van der Waals surface area (Å²) in [5.41, 5.74) is 2.75. The monoisotopic (exact) mass is 479 g/mol. The van der Waals surface area contributed by atoms with Gasteiger partial charge in [0.25, 0.3) is 5.91 Å². The lowest BCUT2D eigenvalue weighted by Crippen LogP contribution is -2.29. The third-order valence-corrected chi connectivity index (χ3v) is 6.30. The fraction of sp³-hybridized carbons (Fsp3) is 0.280. The topological polar surface area (TPSA) is 97.8 Å². The third-order valence-electron chi connectivity index (χ3n) is 5.54. The Morgan fingerprint density at radius 1 is 1.15 bits per heavy atom. The molecule has 34 heavy (non-hydrogen) atoms. The lowest BCUT2D eigenvalue weighted by atomic mass is 10.1. The summed E-state index contributed by atoms with van der Waals surface area (Å²) in [6, 6.07) is 17.3. The minimum Gasteiger partial charge on any atom is -0.497 e. The van der Waals surface area contributed by atoms with E-state index in [0.29, 0.717) is 18.2 Å². The van der Waals surface area contributed by atoms with E-state index in [1.165, 1.54) is 11.3 Å². The predicted molar refractivity (Wildman–Crippen MR) is 129 cm³/mol. The summed E-state index contributed by atoms with van der Waals surface area (Å²) in [4.78, 5) is 43.0. The largest absolute Gasteiger partial charge is 0.497 e. The average molecular weight is 480 g/mol. The zero-order valence-corrected chi connectivity index (χ0v) is 19.5. The molecular weight excluding hydrogens is 454 g/mol. The number of nitrogens with one attached hydrogen (secondary N) is 1. The van der Waals surface area contributed by atoms with Crippen molar-refractivity contribution in [2.24, 2.45) is 5.92 Å². The molecule has 176 valence electrons. The molecule has 8 nitrogen and oxygen atoms in total. The maximum atomic E-state index is 12.4. The molecule has 3 aromatic rings. The normalized spacial score (nSPS) is 15.3. The highest BCUT2D eigenvalue weighted by Gasteiger charge is 2.35. The van der Waals surface area contributed by atoms with E-state index in [0.717, 1.165) is 29.0 Å². The Bertz CT molecular complexity index is 1150. The minimum absolute atomic E-state index is 0.0730. The first-order valence-electron chi connectivity index (χ1n) is 10.9. The molecule has 2 amide bonds. The Morgan fingerprint density at radius 3 is 2.65 bits per heavy atom. The van der Waals surface area contributed by atoms with Crippen LogP contribution in [0, 0.1) is 5.92 Å². The molecule has 2 heterocycles. The molecule has 1 atom stereocenters. The van der Waals surface area contributed by atoms with Gasteiger partial charge in [0.05, 0.1) is 18.7 Å². The van der Waals surface area contributed by atoms with Gasteiger partial charge in [0.2, 0.25) is 5.91 Å². The van der Waals surface area contributed by atoms with Gasteiger partial charge in [0.1, 0.15) is 5.75 Å². The van der Waals surface area contributed by atoms with Crippen LogP contribution in [0.1, 0.15) is 12.0 Å². The quantitative estimate of drug-likeness (QED) is 0.473. The van der Waals surface area contributed by atoms with Crippen LogP contribution in [0.5, 0.6) is 5.75 Å². The molecule has 0 aliphatic carbocycles. The van der Waals surface area contributed by atoms with E-state index in [4.69, 9.17) is 9.47 Å². The van der Waals surface area contributed by atoms with Gasteiger partial charge in [0.15, 0.2) is 11.7 Å². The summed E-state index contributed by atoms with van der Waals surface area (Å²) >= 11 is 1.28. The van der Waals surface area contributed by atoms with E-state index in [9.17, 15) is 14.4 Å². The summed E-state index contributed by atoms with van der Waals surface area (Å²) in [7, 11) is 1.60. The maximum Gasteiger partial charge on any atom is 0.311 e. The van der Waals surface area contributed by atoms with Gasteiger partial charge in [-0.05, 0) is 36.2 Å². The number of carbonyl (C=O) groups excluding carboxylic acids is 3. The third kappa shape index (κ3) is 5.99. The number of benzene rings is 2. The Morgan fingerprint density at radius 2 is 1.91 bits per heavy atom. The molecule has 0 radical (unpaired) electrons. The second kappa shape index (κ2) is 10.9. The van der Waals surface area contributed by atoms with Crippen molar-refractivity contribution in [3.05, 3.63) is 65.5 Å². The van der Waals surface area contributed by atoms with Crippen LogP contribution < -0.4 is 10.1 Å². The van der Waals surface area contributed by atoms with Crippen LogP contribution in [0.15, 0.2) is 60.0 Å². The Hall–Kier alpha value is -3.72. The van der Waals surface area contributed by atoms with Crippen LogP contribution in [0.25, 0.3) is 11.3 Å². The number of anilines is 1. The molecule has 1 N–H and O–H groups in total. The SMILES string of the molecule is COc1ccc(-c2csc(NC(=O)COC(=O)[C@H]3CC(=O)N(CCc4ccccc4)C3)n2)cc1. The average Bonchev–Trinajstić information content (AvgIpc) is 3.48. The van der Waals surface area contributed by atoms with Crippen LogP contribution in [-0.2, 0) is 25.5 Å². The smallest absolute Gasteiger partial charge is 0.311 e. The van der Waals surface area contributed by atoms with Crippen molar-refractivity contribution < 1.29 is 23.9 Å². The summed E-state index contributed by atoms with van der Waals surface area (Å²) < 4.78 is 10.3. The number of carbonyl (C=O) groups is 3. The number of nitrogens with zero attached hydrogens (tertiary/aromatic N) is 2. The molecule has 1 aromatic heterocycles. The van der Waals surface area contributed by atoms with Crippen LogP contribution >= 0.6 is 11.3 Å². The molecule has 2 aromatic carbocycles. The number of thiazole rings is 1. The molecule has 1 aliphatic heterocycles. The molecule has 0 bridgehead atoms. The van der Waals surface area contributed by atoms with E-state index in [1.807, 2.05) is 60.0 Å². The minimum atomic E-state index is -0.558. The van der Waals surface area contributed by atoms with Crippen molar-refractivity contribution in [1.82, 2.24) is 9.88 Å². The van der Waals surface area contributed by atoms with E-state index in [2.05, 4.69) is 10.3 Å². The highest BCUT2D eigenvalue weighted by atomic mass is 32.1. The zero-order valence-electron chi connectivity index (χ0n) is 18.7. The summed E-state index contributed by atoms with van der Waals surface area (Å²) in [6.45, 7) is 0.433. The van der Waals surface area contributed by atoms with Crippen LogP contribution in [0.4, 0.5) is 5.13 Å². The Balaban J connectivity index is 1.22. The van der Waals surface area contributed by atoms with Crippen molar-refractivity contribution in [3.63, 3.8) is 0 Å². The molecule has 1 aliphatic rings. The van der Waals surface area contributed by atoms with Gasteiger partial charge in [-0.2, -0.15) is 0 Å². The first kappa shape index (κ1) is 23.4. The zero-order chi connectivity index (χ0) is 23.9. The van der Waals surface area contributed by atoms with Gasteiger partial charge in [0, 0.05) is 30.5 Å². The highest BCUT2D eigenvalue weighted by Crippen LogP contribution is 2.26. The van der Waals surface area contributed by atoms with Gasteiger partial charge in [-0.25, -0.2) is 4.98 Å². The lowest BCUT2D eigenvalue weighted by molar-refractivity contribution is -0.151. The number of likely N-dealkylation sites (tertiary alicyclic amines) is 1. The van der Waals surface area contributed by atoms with Gasteiger partial charge in [-0.3, -0.25) is 19.7 Å². The molecule has 0 unspecified atom stereocenters. The number of hydrogen-bond donors (Lipinski definition) is 1. The van der Waals surface area contributed by atoms with Crippen LogP contribution in [0.2, 0.25) is 0 Å². The van der Waals surface area contributed by atoms with Gasteiger partial charge < -0.3 is 14.4 Å². The van der Waals surface area contributed by atoms with Crippen LogP contribution in [-0.4, -0.2) is 54.5 Å². The van der Waals surface area contributed by atoms with E-state index < -0.39 is 24.4 Å². The predicted octanol–water partition coefficient (Wildman–Crippen LogP) is 3.39.